The Kier molecular flexibility index (Phi) is 13.0. The Morgan fingerprint density at radius 3 is 2.06 bits per heavy atom. The van der Waals surface area contributed by atoms with E-state index in [1.165, 1.54) is 63.8 Å². The molecule has 33 heavy (non-hydrogen) atoms. The number of aromatic nitrogens is 1. The predicted molar refractivity (Wildman–Crippen MR) is 137 cm³/mol. The van der Waals surface area contributed by atoms with Gasteiger partial charge in [0.05, 0.1) is 28.9 Å². The summed E-state index contributed by atoms with van der Waals surface area (Å²) in [7, 11) is 0. The molecule has 1 aromatic heterocycles. The number of amides is 1. The third kappa shape index (κ3) is 9.81. The van der Waals surface area contributed by atoms with Gasteiger partial charge in [0, 0.05) is 18.0 Å². The van der Waals surface area contributed by atoms with E-state index in [2.05, 4.69) is 17.2 Å². The molecule has 0 atom stereocenters. The first-order valence-corrected chi connectivity index (χ1v) is 12.8. The number of nitrogens with one attached hydrogen (secondary N) is 1. The van der Waals surface area contributed by atoms with Crippen LogP contribution in [0.5, 0.6) is 11.5 Å². The Balaban J connectivity index is 1.83. The molecule has 1 amide bonds. The van der Waals surface area contributed by atoms with Crippen molar-refractivity contribution < 1.29 is 14.3 Å². The molecule has 1 aromatic carbocycles. The van der Waals surface area contributed by atoms with E-state index in [1.807, 2.05) is 6.92 Å². The van der Waals surface area contributed by atoms with Crippen molar-refractivity contribution in [3.8, 4) is 11.5 Å². The van der Waals surface area contributed by atoms with Gasteiger partial charge in [-0.2, -0.15) is 0 Å². The number of pyridine rings is 1. The monoisotopic (exact) mass is 494 g/mol. The van der Waals surface area contributed by atoms with Gasteiger partial charge in [-0.3, -0.25) is 9.78 Å². The smallest absolute Gasteiger partial charge is 0.255 e. The first-order valence-electron chi connectivity index (χ1n) is 12.1. The highest BCUT2D eigenvalue weighted by Gasteiger charge is 2.15. The number of halogens is 2. The van der Waals surface area contributed by atoms with Crippen molar-refractivity contribution in [2.75, 3.05) is 18.5 Å². The molecule has 2 rings (SSSR count). The SMILES string of the molecule is CCCCCCCCCCCCOc1cc(C(=O)Nc2c(Cl)cncc2Cl)ccc1OCC. The number of hydrogen-bond acceptors (Lipinski definition) is 4. The zero-order chi connectivity index (χ0) is 23.9. The number of nitrogens with zero attached hydrogens (tertiary/aromatic N) is 1. The molecule has 0 spiro atoms. The number of hydrogen-bond donors (Lipinski definition) is 1. The van der Waals surface area contributed by atoms with E-state index in [4.69, 9.17) is 32.7 Å². The van der Waals surface area contributed by atoms with Crippen LogP contribution in [0.25, 0.3) is 0 Å². The summed E-state index contributed by atoms with van der Waals surface area (Å²) in [5, 5.41) is 3.30. The van der Waals surface area contributed by atoms with Gasteiger partial charge < -0.3 is 14.8 Å². The van der Waals surface area contributed by atoms with Crippen LogP contribution in [0.3, 0.4) is 0 Å². The van der Waals surface area contributed by atoms with E-state index in [-0.39, 0.29) is 16.0 Å². The maximum atomic E-state index is 12.8. The quantitative estimate of drug-likeness (QED) is 0.238. The van der Waals surface area contributed by atoms with Gasteiger partial charge in [-0.1, -0.05) is 87.9 Å². The van der Waals surface area contributed by atoms with Crippen molar-refractivity contribution in [3.05, 3.63) is 46.2 Å². The summed E-state index contributed by atoms with van der Waals surface area (Å²) in [6.45, 7) is 5.27. The molecule has 0 unspecified atom stereocenters. The van der Waals surface area contributed by atoms with E-state index in [0.29, 0.717) is 36.0 Å². The second-order valence-electron chi connectivity index (χ2n) is 8.06. The second kappa shape index (κ2) is 15.8. The fourth-order valence-corrected chi connectivity index (χ4v) is 3.98. The molecule has 0 aliphatic heterocycles. The predicted octanol–water partition coefficient (Wildman–Crippen LogP) is 8.34. The van der Waals surface area contributed by atoms with Crippen LogP contribution >= 0.6 is 23.2 Å². The van der Waals surface area contributed by atoms with Crippen LogP contribution in [-0.4, -0.2) is 24.1 Å². The van der Waals surface area contributed by atoms with Crippen molar-refractivity contribution in [3.63, 3.8) is 0 Å². The highest BCUT2D eigenvalue weighted by molar-refractivity contribution is 6.39. The fourth-order valence-electron chi connectivity index (χ4n) is 3.52. The van der Waals surface area contributed by atoms with E-state index >= 15 is 0 Å². The molecular weight excluding hydrogens is 459 g/mol. The average molecular weight is 495 g/mol. The third-order valence-electron chi connectivity index (χ3n) is 5.35. The van der Waals surface area contributed by atoms with E-state index in [0.717, 1.165) is 12.8 Å². The molecule has 0 saturated carbocycles. The standard InChI is InChI=1S/C26H36Cl2N2O3/c1-3-5-6-7-8-9-10-11-12-13-16-33-24-17-20(14-15-23(24)32-4-2)26(31)30-25-21(27)18-29-19-22(25)28/h14-15,17-19H,3-13,16H2,1-2H3,(H,29,30,31). The third-order valence-corrected chi connectivity index (χ3v) is 5.93. The Labute approximate surface area is 208 Å². The Morgan fingerprint density at radius 2 is 1.45 bits per heavy atom. The summed E-state index contributed by atoms with van der Waals surface area (Å²) < 4.78 is 11.7. The van der Waals surface area contributed by atoms with Crippen LogP contribution in [0.1, 0.15) is 88.4 Å². The van der Waals surface area contributed by atoms with Crippen LogP contribution in [0, 0.1) is 0 Å². The van der Waals surface area contributed by atoms with Crippen LogP contribution in [-0.2, 0) is 0 Å². The van der Waals surface area contributed by atoms with Crippen molar-refractivity contribution >= 4 is 34.8 Å². The molecule has 0 aliphatic rings. The lowest BCUT2D eigenvalue weighted by molar-refractivity contribution is 0.102. The lowest BCUT2D eigenvalue weighted by Crippen LogP contribution is -2.13. The maximum absolute atomic E-state index is 12.8. The lowest BCUT2D eigenvalue weighted by Gasteiger charge is -2.14. The van der Waals surface area contributed by atoms with Crippen LogP contribution < -0.4 is 14.8 Å². The van der Waals surface area contributed by atoms with Crippen molar-refractivity contribution in [1.29, 1.82) is 0 Å². The van der Waals surface area contributed by atoms with Gasteiger partial charge in [0.25, 0.3) is 5.91 Å². The van der Waals surface area contributed by atoms with E-state index in [9.17, 15) is 4.79 Å². The molecule has 5 nitrogen and oxygen atoms in total. The number of carbonyl (C=O) groups is 1. The van der Waals surface area contributed by atoms with Gasteiger partial charge in [0.2, 0.25) is 0 Å². The molecule has 2 aromatic rings. The lowest BCUT2D eigenvalue weighted by atomic mass is 10.1. The number of unbranched alkanes of at least 4 members (excludes halogenated alkanes) is 9. The molecule has 1 N–H and O–H groups in total. The second-order valence-corrected chi connectivity index (χ2v) is 8.87. The van der Waals surface area contributed by atoms with Gasteiger partial charge in [-0.05, 0) is 31.5 Å². The fraction of sp³-hybridized carbons (Fsp3) is 0.538. The summed E-state index contributed by atoms with van der Waals surface area (Å²) >= 11 is 12.2. The zero-order valence-electron chi connectivity index (χ0n) is 19.8. The van der Waals surface area contributed by atoms with Crippen molar-refractivity contribution in [1.82, 2.24) is 4.98 Å². The topological polar surface area (TPSA) is 60.5 Å². The number of benzene rings is 1. The highest BCUT2D eigenvalue weighted by atomic mass is 35.5. The molecule has 0 aliphatic carbocycles. The van der Waals surface area contributed by atoms with Crippen LogP contribution in [0.2, 0.25) is 10.0 Å². The van der Waals surface area contributed by atoms with Crippen molar-refractivity contribution in [2.24, 2.45) is 0 Å². The zero-order valence-corrected chi connectivity index (χ0v) is 21.3. The molecular formula is C26H36Cl2N2O3. The number of anilines is 1. The van der Waals surface area contributed by atoms with Crippen LogP contribution in [0.4, 0.5) is 5.69 Å². The largest absolute Gasteiger partial charge is 0.490 e. The molecule has 0 fully saturated rings. The van der Waals surface area contributed by atoms with Crippen molar-refractivity contribution in [2.45, 2.75) is 78.1 Å². The summed E-state index contributed by atoms with van der Waals surface area (Å²) in [5.74, 6) is 0.852. The molecule has 7 heteroatoms. The number of carbonyl (C=O) groups excluding carboxylic acids is 1. The minimum Gasteiger partial charge on any atom is -0.490 e. The normalized spacial score (nSPS) is 10.8. The average Bonchev–Trinajstić information content (AvgIpc) is 2.81. The highest BCUT2D eigenvalue weighted by Crippen LogP contribution is 2.31. The van der Waals surface area contributed by atoms with Gasteiger partial charge in [0.1, 0.15) is 0 Å². The van der Waals surface area contributed by atoms with E-state index < -0.39 is 0 Å². The number of rotatable bonds is 16. The molecule has 182 valence electrons. The maximum Gasteiger partial charge on any atom is 0.255 e. The molecule has 0 radical (unpaired) electrons. The molecule has 1 heterocycles. The summed E-state index contributed by atoms with van der Waals surface area (Å²) in [6.07, 6.45) is 15.5. The van der Waals surface area contributed by atoms with Gasteiger partial charge >= 0.3 is 0 Å². The van der Waals surface area contributed by atoms with Gasteiger partial charge in [-0.15, -0.1) is 0 Å². The first kappa shape index (κ1) is 27.3. The molecule has 0 saturated heterocycles. The molecule has 0 bridgehead atoms. The Bertz CT molecular complexity index is 841. The number of ether oxygens (including phenoxy) is 2. The van der Waals surface area contributed by atoms with Crippen LogP contribution in [0.15, 0.2) is 30.6 Å². The first-order chi connectivity index (χ1) is 16.1. The summed E-state index contributed by atoms with van der Waals surface area (Å²) in [5.41, 5.74) is 0.764. The van der Waals surface area contributed by atoms with Gasteiger partial charge in [0.15, 0.2) is 11.5 Å². The minimum absolute atomic E-state index is 0.277. The Morgan fingerprint density at radius 1 is 0.848 bits per heavy atom. The Hall–Kier alpha value is -1.98. The minimum atomic E-state index is -0.336. The summed E-state index contributed by atoms with van der Waals surface area (Å²) in [4.78, 5) is 16.7. The van der Waals surface area contributed by atoms with E-state index in [1.54, 1.807) is 18.2 Å². The van der Waals surface area contributed by atoms with Gasteiger partial charge in [-0.25, -0.2) is 0 Å². The summed E-state index contributed by atoms with van der Waals surface area (Å²) in [6, 6.07) is 5.14.